The van der Waals surface area contributed by atoms with Gasteiger partial charge in [-0.05, 0) is 51.4 Å². The first-order chi connectivity index (χ1) is 14.1. The molecule has 0 heterocycles. The number of carbonyl (C=O) groups excluding carboxylic acids is 2. The molecular weight excluding hydrogens is 360 g/mol. The van der Waals surface area contributed by atoms with Crippen LogP contribution in [0.4, 0.5) is 0 Å². The summed E-state index contributed by atoms with van der Waals surface area (Å²) in [5, 5.41) is 0. The summed E-state index contributed by atoms with van der Waals surface area (Å²) in [6, 6.07) is 0. The molecule has 0 aliphatic heterocycles. The second-order valence-corrected chi connectivity index (χ2v) is 8.27. The van der Waals surface area contributed by atoms with E-state index in [-0.39, 0.29) is 23.8 Å². The number of carbonyl (C=O) groups is 2. The van der Waals surface area contributed by atoms with E-state index in [1.165, 1.54) is 12.8 Å². The fourth-order valence-electron chi connectivity index (χ4n) is 3.79. The Morgan fingerprint density at radius 3 is 1.38 bits per heavy atom. The van der Waals surface area contributed by atoms with Crippen LogP contribution in [0.3, 0.4) is 0 Å². The Labute approximate surface area is 180 Å². The van der Waals surface area contributed by atoms with Crippen molar-refractivity contribution < 1.29 is 14.3 Å². The van der Waals surface area contributed by atoms with Gasteiger partial charge in [0, 0.05) is 0 Å². The van der Waals surface area contributed by atoms with Crippen molar-refractivity contribution >= 4 is 11.9 Å². The van der Waals surface area contributed by atoms with Crippen molar-refractivity contribution in [3.8, 4) is 0 Å². The van der Waals surface area contributed by atoms with Gasteiger partial charge in [0.25, 0.3) is 0 Å². The maximum absolute atomic E-state index is 12.6. The van der Waals surface area contributed by atoms with Gasteiger partial charge in [0.2, 0.25) is 0 Å². The molecule has 0 amide bonds. The first kappa shape index (κ1) is 27.6. The first-order valence-corrected chi connectivity index (χ1v) is 12.1. The van der Waals surface area contributed by atoms with Gasteiger partial charge in [0.05, 0.1) is 11.8 Å². The Hall–Kier alpha value is -1.38. The van der Waals surface area contributed by atoms with Crippen molar-refractivity contribution in [2.45, 2.75) is 117 Å². The van der Waals surface area contributed by atoms with E-state index in [1.54, 1.807) is 0 Å². The van der Waals surface area contributed by atoms with Crippen molar-refractivity contribution in [2.24, 2.45) is 11.8 Å². The van der Waals surface area contributed by atoms with E-state index in [9.17, 15) is 9.59 Å². The molecule has 2 unspecified atom stereocenters. The SMILES string of the molecule is C=CCCCCCCC(CCC)C(=O)OC(=O)C(CCC)CCCCCCC=C. The van der Waals surface area contributed by atoms with Crippen LogP contribution in [0.1, 0.15) is 117 Å². The van der Waals surface area contributed by atoms with Crippen LogP contribution in [0.25, 0.3) is 0 Å². The minimum atomic E-state index is -0.296. The highest BCUT2D eigenvalue weighted by atomic mass is 16.6. The largest absolute Gasteiger partial charge is 0.393 e. The summed E-state index contributed by atoms with van der Waals surface area (Å²) >= 11 is 0. The summed E-state index contributed by atoms with van der Waals surface area (Å²) in [6.07, 6.45) is 20.1. The van der Waals surface area contributed by atoms with E-state index in [0.717, 1.165) is 89.9 Å². The summed E-state index contributed by atoms with van der Waals surface area (Å²) in [5.74, 6) is -0.862. The molecule has 3 nitrogen and oxygen atoms in total. The average molecular weight is 407 g/mol. The molecule has 0 aromatic rings. The first-order valence-electron chi connectivity index (χ1n) is 12.1. The summed E-state index contributed by atoms with van der Waals surface area (Å²) in [5.41, 5.74) is 0. The van der Waals surface area contributed by atoms with Gasteiger partial charge in [-0.15, -0.1) is 13.2 Å². The van der Waals surface area contributed by atoms with E-state index in [0.29, 0.717) is 0 Å². The van der Waals surface area contributed by atoms with E-state index in [2.05, 4.69) is 27.0 Å². The maximum Gasteiger partial charge on any atom is 0.316 e. The second-order valence-electron chi connectivity index (χ2n) is 8.27. The zero-order valence-corrected chi connectivity index (χ0v) is 19.3. The smallest absolute Gasteiger partial charge is 0.316 e. The van der Waals surface area contributed by atoms with Crippen LogP contribution in [0, 0.1) is 11.8 Å². The third-order valence-corrected chi connectivity index (χ3v) is 5.56. The predicted octanol–water partition coefficient (Wildman–Crippen LogP) is 7.94. The topological polar surface area (TPSA) is 43.4 Å². The van der Waals surface area contributed by atoms with Crippen molar-refractivity contribution in [1.29, 1.82) is 0 Å². The Bertz CT molecular complexity index is 401. The number of esters is 2. The van der Waals surface area contributed by atoms with Crippen LogP contribution in [-0.2, 0) is 14.3 Å². The number of rotatable bonds is 20. The number of allylic oxidation sites excluding steroid dienone is 2. The van der Waals surface area contributed by atoms with Gasteiger partial charge in [0.1, 0.15) is 0 Å². The molecule has 0 radical (unpaired) electrons. The Kier molecular flexibility index (Phi) is 19.0. The van der Waals surface area contributed by atoms with E-state index < -0.39 is 0 Å². The highest BCUT2D eigenvalue weighted by molar-refractivity contribution is 5.87. The van der Waals surface area contributed by atoms with E-state index in [4.69, 9.17) is 4.74 Å². The quantitative estimate of drug-likeness (QED) is 0.0891. The highest BCUT2D eigenvalue weighted by Gasteiger charge is 2.26. The van der Waals surface area contributed by atoms with Crippen molar-refractivity contribution in [3.05, 3.63) is 25.3 Å². The minimum Gasteiger partial charge on any atom is -0.393 e. The molecule has 0 bridgehead atoms. The van der Waals surface area contributed by atoms with Crippen molar-refractivity contribution in [1.82, 2.24) is 0 Å². The maximum atomic E-state index is 12.6. The number of hydrogen-bond acceptors (Lipinski definition) is 3. The molecule has 0 aliphatic rings. The van der Waals surface area contributed by atoms with E-state index >= 15 is 0 Å². The van der Waals surface area contributed by atoms with Crippen LogP contribution in [0.2, 0.25) is 0 Å². The van der Waals surface area contributed by atoms with Crippen molar-refractivity contribution in [2.75, 3.05) is 0 Å². The predicted molar refractivity (Wildman–Crippen MR) is 124 cm³/mol. The molecular formula is C26H46O3. The zero-order valence-electron chi connectivity index (χ0n) is 19.3. The van der Waals surface area contributed by atoms with Crippen molar-refractivity contribution in [3.63, 3.8) is 0 Å². The van der Waals surface area contributed by atoms with Gasteiger partial charge < -0.3 is 4.74 Å². The second kappa shape index (κ2) is 19.9. The van der Waals surface area contributed by atoms with Gasteiger partial charge in [-0.3, -0.25) is 9.59 Å². The molecule has 0 saturated heterocycles. The summed E-state index contributed by atoms with van der Waals surface area (Å²) in [7, 11) is 0. The fourth-order valence-corrected chi connectivity index (χ4v) is 3.79. The van der Waals surface area contributed by atoms with Crippen LogP contribution >= 0.6 is 0 Å². The molecule has 0 aromatic heterocycles. The number of unbranched alkanes of at least 4 members (excludes halogenated alkanes) is 8. The molecule has 0 aromatic carbocycles. The lowest BCUT2D eigenvalue weighted by molar-refractivity contribution is -0.166. The van der Waals surface area contributed by atoms with Gasteiger partial charge in [-0.25, -0.2) is 0 Å². The molecule has 0 fully saturated rings. The lowest BCUT2D eigenvalue weighted by atomic mass is 9.95. The summed E-state index contributed by atoms with van der Waals surface area (Å²) in [6.45, 7) is 11.7. The van der Waals surface area contributed by atoms with E-state index in [1.807, 2.05) is 12.2 Å². The molecule has 168 valence electrons. The molecule has 0 aliphatic carbocycles. The van der Waals surface area contributed by atoms with Gasteiger partial charge in [0.15, 0.2) is 0 Å². The summed E-state index contributed by atoms with van der Waals surface area (Å²) < 4.78 is 5.37. The van der Waals surface area contributed by atoms with Gasteiger partial charge in [-0.2, -0.15) is 0 Å². The fraction of sp³-hybridized carbons (Fsp3) is 0.769. The highest BCUT2D eigenvalue weighted by Crippen LogP contribution is 2.22. The number of ether oxygens (including phenoxy) is 1. The number of hydrogen-bond donors (Lipinski definition) is 0. The molecule has 2 atom stereocenters. The Balaban J connectivity index is 4.39. The molecule has 0 N–H and O–H groups in total. The molecule has 29 heavy (non-hydrogen) atoms. The van der Waals surface area contributed by atoms with Gasteiger partial charge in [-0.1, -0.05) is 77.4 Å². The minimum absolute atomic E-state index is 0.135. The average Bonchev–Trinajstić information content (AvgIpc) is 2.71. The standard InChI is InChI=1S/C26H46O3/c1-5-9-11-13-15-17-21-23(19-7-3)25(27)29-26(28)24(20-8-4)22-18-16-14-12-10-6-2/h5-6,23-24H,1-2,7-22H2,3-4H3. The van der Waals surface area contributed by atoms with Gasteiger partial charge >= 0.3 is 11.9 Å². The van der Waals surface area contributed by atoms with Crippen LogP contribution in [0.5, 0.6) is 0 Å². The Morgan fingerprint density at radius 1 is 0.655 bits per heavy atom. The third kappa shape index (κ3) is 15.2. The molecule has 0 rings (SSSR count). The monoisotopic (exact) mass is 406 g/mol. The lowest BCUT2D eigenvalue weighted by Crippen LogP contribution is -2.26. The zero-order chi connectivity index (χ0) is 21.7. The van der Waals surface area contributed by atoms with Crippen LogP contribution < -0.4 is 0 Å². The lowest BCUT2D eigenvalue weighted by Gasteiger charge is -2.18. The molecule has 0 saturated carbocycles. The normalized spacial score (nSPS) is 12.9. The molecule has 3 heteroatoms. The summed E-state index contributed by atoms with van der Waals surface area (Å²) in [4.78, 5) is 25.2. The third-order valence-electron chi connectivity index (χ3n) is 5.56. The molecule has 0 spiro atoms. The van der Waals surface area contributed by atoms with Crippen LogP contribution in [0.15, 0.2) is 25.3 Å². The van der Waals surface area contributed by atoms with Crippen LogP contribution in [-0.4, -0.2) is 11.9 Å². The Morgan fingerprint density at radius 2 is 1.03 bits per heavy atom.